The largest absolute Gasteiger partial charge is 0.391 e. The number of aliphatic hydroxyl groups excluding tert-OH is 1. The number of nitrogens with zero attached hydrogens (tertiary/aromatic N) is 6. The molecule has 0 spiro atoms. The van der Waals surface area contributed by atoms with Crippen LogP contribution in [0.15, 0.2) is 6.20 Å². The predicted molar refractivity (Wildman–Crippen MR) is 123 cm³/mol. The minimum absolute atomic E-state index is 0.137. The monoisotopic (exact) mass is 475 g/mol. The van der Waals surface area contributed by atoms with Gasteiger partial charge in [0.25, 0.3) is 0 Å². The molecule has 0 bridgehead atoms. The first-order valence-corrected chi connectivity index (χ1v) is 12.4. The topological polar surface area (TPSA) is 126 Å². The SMILES string of the molecule is Cc1nnc(CCCNC(=O)[C@@H]2C[C@@H](O)CN2C(=O)[C@@H](n2cc(C3CC3)nn2)C(C)(C)C)s1. The molecule has 2 N–H and O–H groups in total. The van der Waals surface area contributed by atoms with Gasteiger partial charge in [0.1, 0.15) is 22.1 Å². The number of aromatic nitrogens is 5. The molecule has 2 amide bonds. The number of rotatable bonds is 8. The van der Waals surface area contributed by atoms with Crippen LogP contribution in [0, 0.1) is 12.3 Å². The Balaban J connectivity index is 1.41. The lowest BCUT2D eigenvalue weighted by molar-refractivity contribution is -0.144. The van der Waals surface area contributed by atoms with E-state index in [0.29, 0.717) is 12.5 Å². The zero-order valence-corrected chi connectivity index (χ0v) is 20.5. The second-order valence-corrected chi connectivity index (χ2v) is 11.4. The van der Waals surface area contributed by atoms with E-state index in [1.807, 2.05) is 33.9 Å². The van der Waals surface area contributed by atoms with Gasteiger partial charge < -0.3 is 15.3 Å². The normalized spacial score (nSPS) is 21.9. The van der Waals surface area contributed by atoms with E-state index < -0.39 is 23.6 Å². The molecule has 3 atom stereocenters. The Hall–Kier alpha value is -2.40. The van der Waals surface area contributed by atoms with E-state index in [1.54, 1.807) is 16.0 Å². The molecule has 0 aromatic carbocycles. The summed E-state index contributed by atoms with van der Waals surface area (Å²) in [6.45, 7) is 8.46. The fraction of sp³-hybridized carbons (Fsp3) is 0.727. The number of hydrogen-bond acceptors (Lipinski definition) is 8. The minimum Gasteiger partial charge on any atom is -0.391 e. The van der Waals surface area contributed by atoms with Gasteiger partial charge in [0.15, 0.2) is 0 Å². The van der Waals surface area contributed by atoms with Crippen molar-refractivity contribution in [1.29, 1.82) is 0 Å². The maximum atomic E-state index is 13.7. The van der Waals surface area contributed by atoms with Gasteiger partial charge in [-0.3, -0.25) is 9.59 Å². The minimum atomic E-state index is -0.729. The standard InChI is InChI=1S/C22H33N7O3S/c1-13-24-26-18(33-13)6-5-9-23-20(31)17-10-15(30)11-28(17)21(32)19(22(2,3)4)29-12-16(25-27-29)14-7-8-14/h12,14-15,17,19,30H,5-11H2,1-4H3,(H,23,31)/t15-,17+,19-/m1/s1. The molecule has 10 nitrogen and oxygen atoms in total. The number of likely N-dealkylation sites (tertiary alicyclic amines) is 1. The smallest absolute Gasteiger partial charge is 0.248 e. The summed E-state index contributed by atoms with van der Waals surface area (Å²) in [4.78, 5) is 28.2. The van der Waals surface area contributed by atoms with Crippen LogP contribution in [0.3, 0.4) is 0 Å². The molecular formula is C22H33N7O3S. The first kappa shape index (κ1) is 23.7. The van der Waals surface area contributed by atoms with Gasteiger partial charge in [0.2, 0.25) is 11.8 Å². The number of β-amino-alcohol motifs (C(OH)–C–C–N with tert-alkyl or cyclic N) is 1. The summed E-state index contributed by atoms with van der Waals surface area (Å²) in [5, 5.41) is 31.7. The van der Waals surface area contributed by atoms with Crippen LogP contribution in [-0.2, 0) is 16.0 Å². The van der Waals surface area contributed by atoms with Crippen molar-refractivity contribution in [2.75, 3.05) is 13.1 Å². The fourth-order valence-electron chi connectivity index (χ4n) is 4.33. The second kappa shape index (κ2) is 9.46. The van der Waals surface area contributed by atoms with Crippen molar-refractivity contribution >= 4 is 23.2 Å². The van der Waals surface area contributed by atoms with Crippen molar-refractivity contribution in [2.24, 2.45) is 5.41 Å². The molecule has 1 saturated carbocycles. The highest BCUT2D eigenvalue weighted by molar-refractivity contribution is 7.11. The third-order valence-corrected chi connectivity index (χ3v) is 7.04. The Morgan fingerprint density at radius 3 is 2.67 bits per heavy atom. The van der Waals surface area contributed by atoms with Crippen molar-refractivity contribution in [2.45, 2.75) is 83.9 Å². The lowest BCUT2D eigenvalue weighted by atomic mass is 9.85. The Morgan fingerprint density at radius 2 is 2.03 bits per heavy atom. The highest BCUT2D eigenvalue weighted by Crippen LogP contribution is 2.40. The predicted octanol–water partition coefficient (Wildman–Crippen LogP) is 1.61. The molecule has 11 heteroatoms. The van der Waals surface area contributed by atoms with E-state index in [2.05, 4.69) is 25.8 Å². The molecule has 1 aliphatic heterocycles. The summed E-state index contributed by atoms with van der Waals surface area (Å²) in [6, 6.07) is -1.31. The van der Waals surface area contributed by atoms with E-state index in [0.717, 1.165) is 41.4 Å². The van der Waals surface area contributed by atoms with Crippen LogP contribution < -0.4 is 5.32 Å². The molecule has 2 aromatic heterocycles. The Kier molecular flexibility index (Phi) is 6.81. The van der Waals surface area contributed by atoms with Crippen LogP contribution >= 0.6 is 11.3 Å². The van der Waals surface area contributed by atoms with Crippen LogP contribution in [0.1, 0.15) is 74.1 Å². The van der Waals surface area contributed by atoms with Gasteiger partial charge in [-0.2, -0.15) is 0 Å². The molecule has 0 radical (unpaired) electrons. The number of amides is 2. The van der Waals surface area contributed by atoms with Crippen molar-refractivity contribution in [3.05, 3.63) is 21.9 Å². The van der Waals surface area contributed by atoms with Crippen molar-refractivity contribution in [3.8, 4) is 0 Å². The highest BCUT2D eigenvalue weighted by atomic mass is 32.1. The van der Waals surface area contributed by atoms with Crippen molar-refractivity contribution < 1.29 is 14.7 Å². The first-order valence-electron chi connectivity index (χ1n) is 11.6. The Bertz CT molecular complexity index is 994. The second-order valence-electron chi connectivity index (χ2n) is 10.2. The van der Waals surface area contributed by atoms with Gasteiger partial charge >= 0.3 is 0 Å². The van der Waals surface area contributed by atoms with Crippen molar-refractivity contribution in [3.63, 3.8) is 0 Å². The molecule has 3 heterocycles. The summed E-state index contributed by atoms with van der Waals surface area (Å²) in [5.41, 5.74) is 0.471. The van der Waals surface area contributed by atoms with Crippen LogP contribution in [-0.4, -0.2) is 72.2 Å². The van der Waals surface area contributed by atoms with E-state index in [4.69, 9.17) is 0 Å². The maximum Gasteiger partial charge on any atom is 0.248 e. The molecule has 2 aromatic rings. The molecule has 180 valence electrons. The number of aryl methyl sites for hydroxylation is 2. The lowest BCUT2D eigenvalue weighted by Crippen LogP contribution is -2.50. The number of nitrogens with one attached hydrogen (secondary N) is 1. The van der Waals surface area contributed by atoms with Crippen LogP contribution in [0.4, 0.5) is 0 Å². The van der Waals surface area contributed by atoms with Crippen LogP contribution in [0.25, 0.3) is 0 Å². The van der Waals surface area contributed by atoms with E-state index in [1.165, 1.54) is 4.90 Å². The highest BCUT2D eigenvalue weighted by Gasteiger charge is 2.45. The quantitative estimate of drug-likeness (QED) is 0.556. The summed E-state index contributed by atoms with van der Waals surface area (Å²) in [6.07, 6.45) is 5.04. The van der Waals surface area contributed by atoms with Gasteiger partial charge in [-0.05, 0) is 31.6 Å². The van der Waals surface area contributed by atoms with Gasteiger partial charge in [-0.15, -0.1) is 26.6 Å². The summed E-state index contributed by atoms with van der Waals surface area (Å²) in [5.74, 6) is -0.0141. The summed E-state index contributed by atoms with van der Waals surface area (Å²) < 4.78 is 1.64. The Labute approximate surface area is 197 Å². The molecule has 1 saturated heterocycles. The Morgan fingerprint density at radius 1 is 1.27 bits per heavy atom. The third-order valence-electron chi connectivity index (χ3n) is 6.14. The van der Waals surface area contributed by atoms with Gasteiger partial charge in [-0.25, -0.2) is 4.68 Å². The molecule has 33 heavy (non-hydrogen) atoms. The van der Waals surface area contributed by atoms with E-state index in [9.17, 15) is 14.7 Å². The number of aliphatic hydroxyl groups is 1. The zero-order valence-electron chi connectivity index (χ0n) is 19.7. The van der Waals surface area contributed by atoms with Crippen molar-refractivity contribution in [1.82, 2.24) is 35.4 Å². The number of hydrogen-bond donors (Lipinski definition) is 2. The molecule has 4 rings (SSSR count). The van der Waals surface area contributed by atoms with Crippen LogP contribution in [0.5, 0.6) is 0 Å². The molecule has 2 fully saturated rings. The molecular weight excluding hydrogens is 442 g/mol. The average Bonchev–Trinajstić information content (AvgIpc) is 3.13. The number of carbonyl (C=O) groups excluding carboxylic acids is 2. The van der Waals surface area contributed by atoms with Gasteiger partial charge in [-0.1, -0.05) is 26.0 Å². The fourth-order valence-corrected chi connectivity index (χ4v) is 5.08. The van der Waals surface area contributed by atoms with E-state index in [-0.39, 0.29) is 24.8 Å². The third kappa shape index (κ3) is 5.57. The van der Waals surface area contributed by atoms with E-state index >= 15 is 0 Å². The summed E-state index contributed by atoms with van der Waals surface area (Å²) in [7, 11) is 0. The maximum absolute atomic E-state index is 13.7. The molecule has 1 aliphatic carbocycles. The zero-order chi connectivity index (χ0) is 23.8. The molecule has 2 aliphatic rings. The summed E-state index contributed by atoms with van der Waals surface area (Å²) >= 11 is 1.55. The first-order chi connectivity index (χ1) is 15.6. The van der Waals surface area contributed by atoms with Gasteiger partial charge in [0.05, 0.1) is 11.8 Å². The van der Waals surface area contributed by atoms with Gasteiger partial charge in [0, 0.05) is 38.0 Å². The number of carbonyl (C=O) groups is 2. The molecule has 0 unspecified atom stereocenters. The van der Waals surface area contributed by atoms with Crippen LogP contribution in [0.2, 0.25) is 0 Å². The lowest BCUT2D eigenvalue weighted by Gasteiger charge is -2.34. The average molecular weight is 476 g/mol.